The highest BCUT2D eigenvalue weighted by molar-refractivity contribution is 6.33. The van der Waals surface area contributed by atoms with E-state index in [1.54, 1.807) is 43.3 Å². The molecule has 46 heavy (non-hydrogen) atoms. The lowest BCUT2D eigenvalue weighted by atomic mass is 10.0. The van der Waals surface area contributed by atoms with Crippen LogP contribution in [0, 0.1) is 10.8 Å². The molecule has 0 heterocycles. The highest BCUT2D eigenvalue weighted by atomic mass is 19.4. The molecule has 0 aliphatic rings. The van der Waals surface area contributed by atoms with Gasteiger partial charge in [0.1, 0.15) is 24.0 Å². The van der Waals surface area contributed by atoms with E-state index in [0.29, 0.717) is 28.1 Å². The second kappa shape index (κ2) is 17.6. The summed E-state index contributed by atoms with van der Waals surface area (Å²) in [6.45, 7) is 0.190. The van der Waals surface area contributed by atoms with Crippen molar-refractivity contribution in [1.82, 2.24) is 10.2 Å². The monoisotopic (exact) mass is 667 g/mol. The van der Waals surface area contributed by atoms with Crippen LogP contribution in [0.1, 0.15) is 27.0 Å². The minimum Gasteiger partial charge on any atom is -0.491 e. The molecule has 0 aromatic heterocycles. The van der Waals surface area contributed by atoms with Crippen molar-refractivity contribution in [3.05, 3.63) is 64.7 Å². The Labute approximate surface area is 255 Å². The molecule has 0 aliphatic heterocycles. The zero-order valence-electron chi connectivity index (χ0n) is 23.7. The topological polar surface area (TPSA) is 244 Å². The molecule has 0 spiro atoms. The van der Waals surface area contributed by atoms with Gasteiger partial charge in [0, 0.05) is 42.8 Å². The summed E-state index contributed by atoms with van der Waals surface area (Å²) in [5.74, 6) is -8.04. The van der Waals surface area contributed by atoms with E-state index < -0.39 is 36.0 Å². The fourth-order valence-corrected chi connectivity index (χ4v) is 2.72. The quantitative estimate of drug-likeness (QED) is 0.0636. The molecular weight excluding hydrogens is 640 g/mol. The molecule has 20 heteroatoms. The summed E-state index contributed by atoms with van der Waals surface area (Å²) in [5.41, 5.74) is 7.29. The number of benzene rings is 2. The Morgan fingerprint density at radius 1 is 0.826 bits per heavy atom. The summed E-state index contributed by atoms with van der Waals surface area (Å²) in [5, 5.41) is 41.2. The number of amides is 1. The molecule has 252 valence electrons. The number of hydrogen-bond acceptors (Lipinski definition) is 8. The van der Waals surface area contributed by atoms with Crippen molar-refractivity contribution in [1.29, 1.82) is 10.8 Å². The number of amidine groups is 2. The van der Waals surface area contributed by atoms with E-state index in [-0.39, 0.29) is 37.1 Å². The second-order valence-electron chi connectivity index (χ2n) is 8.67. The number of nitrogens with zero attached hydrogens (tertiary/aromatic N) is 1. The maximum atomic E-state index is 12.3. The summed E-state index contributed by atoms with van der Waals surface area (Å²) >= 11 is 0. The number of hydrogen-bond donors (Lipinski definition) is 7. The van der Waals surface area contributed by atoms with Gasteiger partial charge < -0.3 is 36.0 Å². The maximum Gasteiger partial charge on any atom is 0.490 e. The number of carboxylic acids is 3. The molecule has 0 radical (unpaired) electrons. The molecule has 0 fully saturated rings. The number of halogens is 6. The summed E-state index contributed by atoms with van der Waals surface area (Å²) in [6.07, 6.45) is -10.5. The van der Waals surface area contributed by atoms with Crippen molar-refractivity contribution >= 4 is 41.3 Å². The minimum absolute atomic E-state index is 0.0463. The summed E-state index contributed by atoms with van der Waals surface area (Å²) in [4.78, 5) is 54.2. The van der Waals surface area contributed by atoms with Gasteiger partial charge in [-0.25, -0.2) is 14.4 Å². The first kappa shape index (κ1) is 40.3. The van der Waals surface area contributed by atoms with Crippen molar-refractivity contribution in [2.75, 3.05) is 27.2 Å². The molecule has 8 N–H and O–H groups in total. The molecule has 0 saturated heterocycles. The van der Waals surface area contributed by atoms with Crippen LogP contribution in [0.4, 0.5) is 26.3 Å². The Morgan fingerprint density at radius 3 is 1.65 bits per heavy atom. The fourth-order valence-electron chi connectivity index (χ4n) is 2.72. The number of alkyl halides is 6. The number of carbonyl (C=O) groups excluding carboxylic acids is 2. The average Bonchev–Trinajstić information content (AvgIpc) is 2.94. The van der Waals surface area contributed by atoms with Gasteiger partial charge in [0.05, 0.1) is 6.54 Å². The van der Waals surface area contributed by atoms with Gasteiger partial charge in [-0.2, -0.15) is 26.3 Å². The Bertz CT molecular complexity index is 1420. The summed E-state index contributed by atoms with van der Waals surface area (Å²) in [6, 6.07) is 11.1. The third-order valence-electron chi connectivity index (χ3n) is 4.97. The minimum atomic E-state index is -5.08. The van der Waals surface area contributed by atoms with Crippen LogP contribution in [-0.2, 0) is 25.6 Å². The first-order chi connectivity index (χ1) is 21.0. The molecular formula is C26H27F6N5O9. The average molecular weight is 668 g/mol. The van der Waals surface area contributed by atoms with Gasteiger partial charge in [-0.05, 0) is 18.2 Å². The first-order valence-electron chi connectivity index (χ1n) is 12.1. The van der Waals surface area contributed by atoms with E-state index >= 15 is 0 Å². The smallest absolute Gasteiger partial charge is 0.490 e. The van der Waals surface area contributed by atoms with Gasteiger partial charge in [0.15, 0.2) is 0 Å². The SMILES string of the molecule is CN(C)C(=N)c1ccc(C(=O)NCCOc2cc(C(=N)N)ccc2CC(=O)C(=O)O)cc1.O=C(O)C(F)(F)F.O=C(O)C(F)(F)F. The van der Waals surface area contributed by atoms with E-state index in [2.05, 4.69) is 5.32 Å². The van der Waals surface area contributed by atoms with Gasteiger partial charge in [-0.3, -0.25) is 20.4 Å². The number of carboxylic acid groups (broad SMARTS) is 3. The van der Waals surface area contributed by atoms with Gasteiger partial charge in [-0.1, -0.05) is 24.3 Å². The molecule has 0 saturated carbocycles. The summed E-state index contributed by atoms with van der Waals surface area (Å²) < 4.78 is 69.1. The van der Waals surface area contributed by atoms with Crippen molar-refractivity contribution in [3.8, 4) is 5.75 Å². The standard InChI is InChI=1S/C22H25N5O5.2C2HF3O2/c1-27(2)20(25)13-3-5-14(6-4-13)21(29)26-9-10-32-18-12-16(19(23)24)8-7-15(18)11-17(28)22(30)31;2*3-2(4,5)1(6)7/h3-8,12,25H,9-11H2,1-2H3,(H3,23,24)(H,26,29)(H,30,31);2*(H,6,7). The highest BCUT2D eigenvalue weighted by Gasteiger charge is 2.38. The number of aliphatic carboxylic acids is 3. The van der Waals surface area contributed by atoms with Gasteiger partial charge in [0.2, 0.25) is 5.78 Å². The molecule has 1 amide bonds. The molecule has 14 nitrogen and oxygen atoms in total. The molecule has 0 aliphatic carbocycles. The van der Waals surface area contributed by atoms with Crippen LogP contribution in [0.5, 0.6) is 5.75 Å². The number of ketones is 1. The number of nitrogens with two attached hydrogens (primary N) is 1. The molecule has 0 atom stereocenters. The third kappa shape index (κ3) is 14.7. The molecule has 2 aromatic rings. The molecule has 2 aromatic carbocycles. The molecule has 2 rings (SSSR count). The van der Waals surface area contributed by atoms with Crippen LogP contribution < -0.4 is 15.8 Å². The predicted molar refractivity (Wildman–Crippen MR) is 146 cm³/mol. The van der Waals surface area contributed by atoms with E-state index in [4.69, 9.17) is 46.2 Å². The van der Waals surface area contributed by atoms with Gasteiger partial charge in [0.25, 0.3) is 5.91 Å². The lowest BCUT2D eigenvalue weighted by Gasteiger charge is -2.14. The Kier molecular flexibility index (Phi) is 15.4. The zero-order valence-corrected chi connectivity index (χ0v) is 23.7. The van der Waals surface area contributed by atoms with Crippen LogP contribution in [0.2, 0.25) is 0 Å². The van der Waals surface area contributed by atoms with Crippen LogP contribution in [0.25, 0.3) is 0 Å². The van der Waals surface area contributed by atoms with Crippen molar-refractivity contribution in [3.63, 3.8) is 0 Å². The van der Waals surface area contributed by atoms with E-state index in [9.17, 15) is 40.7 Å². The Hall–Kier alpha value is -5.69. The highest BCUT2D eigenvalue weighted by Crippen LogP contribution is 2.22. The Morgan fingerprint density at radius 2 is 1.26 bits per heavy atom. The van der Waals surface area contributed by atoms with E-state index in [1.807, 2.05) is 0 Å². The van der Waals surface area contributed by atoms with Gasteiger partial charge >= 0.3 is 30.3 Å². The third-order valence-corrected chi connectivity index (χ3v) is 4.97. The van der Waals surface area contributed by atoms with Crippen LogP contribution >= 0.6 is 0 Å². The van der Waals surface area contributed by atoms with Crippen molar-refractivity contribution in [2.45, 2.75) is 18.8 Å². The number of nitrogen functional groups attached to an aromatic ring is 1. The number of ether oxygens (including phenoxy) is 1. The molecule has 0 bridgehead atoms. The van der Waals surface area contributed by atoms with Crippen LogP contribution in [-0.4, -0.2) is 101 Å². The van der Waals surface area contributed by atoms with Crippen molar-refractivity contribution in [2.24, 2.45) is 5.73 Å². The molecule has 0 unspecified atom stereocenters. The zero-order chi connectivity index (χ0) is 36.0. The number of carbonyl (C=O) groups is 5. The second-order valence-corrected chi connectivity index (χ2v) is 8.67. The number of nitrogens with one attached hydrogen (secondary N) is 3. The maximum absolute atomic E-state index is 12.3. The Balaban J connectivity index is 0.00000120. The lowest BCUT2D eigenvalue weighted by molar-refractivity contribution is -0.193. The lowest BCUT2D eigenvalue weighted by Crippen LogP contribution is -2.28. The fraction of sp³-hybridized carbons (Fsp3) is 0.269. The van der Waals surface area contributed by atoms with E-state index in [1.165, 1.54) is 18.2 Å². The summed E-state index contributed by atoms with van der Waals surface area (Å²) in [7, 11) is 3.52. The van der Waals surface area contributed by atoms with Crippen LogP contribution in [0.3, 0.4) is 0 Å². The predicted octanol–water partition coefficient (Wildman–Crippen LogP) is 2.13. The largest absolute Gasteiger partial charge is 0.491 e. The van der Waals surface area contributed by atoms with Crippen molar-refractivity contribution < 1.29 is 70.4 Å². The first-order valence-corrected chi connectivity index (χ1v) is 12.1. The normalized spacial score (nSPS) is 10.5. The number of rotatable bonds is 10. The van der Waals surface area contributed by atoms with Gasteiger partial charge in [-0.15, -0.1) is 0 Å². The number of Topliss-reactive ketones (excluding diaryl/α,β-unsaturated/α-hetero) is 1. The van der Waals surface area contributed by atoms with Crippen LogP contribution in [0.15, 0.2) is 42.5 Å². The van der Waals surface area contributed by atoms with E-state index in [0.717, 1.165) is 0 Å².